The van der Waals surface area contributed by atoms with Gasteiger partial charge in [-0.1, -0.05) is 132 Å². The number of rotatable bonds is 38. The first-order valence-corrected chi connectivity index (χ1v) is 21.8. The highest BCUT2D eigenvalue weighted by atomic mass is 31.2. The van der Waals surface area contributed by atoms with E-state index in [2.05, 4.69) is 74.6 Å². The Hall–Kier alpha value is -2.33. The van der Waals surface area contributed by atoms with Crippen LogP contribution in [0.2, 0.25) is 0 Å². The number of unbranched alkanes of at least 4 members (excludes halogenated alkanes) is 14. The fourth-order valence-corrected chi connectivity index (χ4v) is 5.90. The van der Waals surface area contributed by atoms with Crippen molar-refractivity contribution in [2.24, 2.45) is 5.73 Å². The lowest BCUT2D eigenvalue weighted by molar-refractivity contribution is -0.154. The summed E-state index contributed by atoms with van der Waals surface area (Å²) in [5, 5.41) is 8.88. The first-order valence-electron chi connectivity index (χ1n) is 20.3. The molecule has 10 nitrogen and oxygen atoms in total. The van der Waals surface area contributed by atoms with Crippen molar-refractivity contribution in [3.05, 3.63) is 60.8 Å². The van der Waals surface area contributed by atoms with Crippen molar-refractivity contribution in [1.29, 1.82) is 0 Å². The summed E-state index contributed by atoms with van der Waals surface area (Å²) in [5.74, 6) is -1.80. The van der Waals surface area contributed by atoms with Crippen LogP contribution in [0.1, 0.15) is 155 Å². The second kappa shape index (κ2) is 38.0. The highest BCUT2D eigenvalue weighted by molar-refractivity contribution is 7.47. The van der Waals surface area contributed by atoms with Gasteiger partial charge in [0.05, 0.1) is 19.8 Å². The van der Waals surface area contributed by atoms with Crippen molar-refractivity contribution in [2.75, 3.05) is 26.4 Å². The monoisotopic (exact) mass is 768 g/mol. The van der Waals surface area contributed by atoms with Crippen LogP contribution in [-0.4, -0.2) is 60.5 Å². The van der Waals surface area contributed by atoms with E-state index in [9.17, 15) is 19.0 Å². The van der Waals surface area contributed by atoms with Gasteiger partial charge in [0.25, 0.3) is 0 Å². The molecule has 0 amide bonds. The summed E-state index contributed by atoms with van der Waals surface area (Å²) in [7, 11) is -4.62. The van der Waals surface area contributed by atoms with E-state index in [1.54, 1.807) is 0 Å². The van der Waals surface area contributed by atoms with E-state index in [4.69, 9.17) is 29.4 Å². The Kier molecular flexibility index (Phi) is 36.3. The first-order chi connectivity index (χ1) is 25.7. The number of carboxylic acid groups (broad SMARTS) is 1. The van der Waals surface area contributed by atoms with Crippen molar-refractivity contribution in [3.8, 4) is 0 Å². The van der Waals surface area contributed by atoms with Gasteiger partial charge in [-0.3, -0.25) is 18.6 Å². The third kappa shape index (κ3) is 37.8. The minimum atomic E-state index is -4.62. The summed E-state index contributed by atoms with van der Waals surface area (Å²) in [5.41, 5.74) is 5.34. The topological polar surface area (TPSA) is 155 Å². The van der Waals surface area contributed by atoms with Crippen LogP contribution in [0, 0.1) is 0 Å². The predicted octanol–water partition coefficient (Wildman–Crippen LogP) is 10.9. The second-order valence-electron chi connectivity index (χ2n) is 13.4. The van der Waals surface area contributed by atoms with Gasteiger partial charge in [0.15, 0.2) is 0 Å². The number of allylic oxidation sites excluding steroid dienone is 10. The van der Waals surface area contributed by atoms with Crippen molar-refractivity contribution < 1.29 is 42.7 Å². The molecule has 3 atom stereocenters. The summed E-state index contributed by atoms with van der Waals surface area (Å²) in [6.45, 7) is 3.66. The molecule has 4 N–H and O–H groups in total. The van der Waals surface area contributed by atoms with Crippen molar-refractivity contribution >= 4 is 19.8 Å². The van der Waals surface area contributed by atoms with E-state index in [1.807, 2.05) is 0 Å². The summed E-state index contributed by atoms with van der Waals surface area (Å²) >= 11 is 0. The fraction of sp³-hybridized carbons (Fsp3) is 0.714. The molecule has 0 fully saturated rings. The Balaban J connectivity index is 4.33. The van der Waals surface area contributed by atoms with E-state index in [-0.39, 0.29) is 13.0 Å². The molecule has 0 saturated carbocycles. The van der Waals surface area contributed by atoms with Crippen molar-refractivity contribution in [3.63, 3.8) is 0 Å². The molecule has 0 bridgehead atoms. The quantitative estimate of drug-likeness (QED) is 0.0239. The zero-order chi connectivity index (χ0) is 39.1. The second-order valence-corrected chi connectivity index (χ2v) is 14.8. The van der Waals surface area contributed by atoms with Crippen LogP contribution in [0.3, 0.4) is 0 Å². The number of phosphoric ester groups is 1. The van der Waals surface area contributed by atoms with Gasteiger partial charge in [-0.05, 0) is 77.0 Å². The lowest BCUT2D eigenvalue weighted by Crippen LogP contribution is -2.34. The number of nitrogens with two attached hydrogens (primary N) is 1. The number of ether oxygens (including phenoxy) is 2. The van der Waals surface area contributed by atoms with Crippen LogP contribution >= 0.6 is 7.82 Å². The summed E-state index contributed by atoms with van der Waals surface area (Å²) in [4.78, 5) is 33.5. The lowest BCUT2D eigenvalue weighted by Gasteiger charge is -2.20. The maximum atomic E-state index is 12.6. The number of hydrogen-bond donors (Lipinski definition) is 3. The Labute approximate surface area is 322 Å². The average Bonchev–Trinajstić information content (AvgIpc) is 3.13. The smallest absolute Gasteiger partial charge is 0.472 e. The van der Waals surface area contributed by atoms with E-state index >= 15 is 0 Å². The molecule has 306 valence electrons. The van der Waals surface area contributed by atoms with Crippen LogP contribution in [0.4, 0.5) is 0 Å². The Morgan fingerprint density at radius 1 is 0.623 bits per heavy atom. The molecule has 0 spiro atoms. The Bertz CT molecular complexity index is 1070. The molecule has 0 aromatic heterocycles. The molecule has 53 heavy (non-hydrogen) atoms. The highest BCUT2D eigenvalue weighted by Crippen LogP contribution is 2.43. The maximum Gasteiger partial charge on any atom is 0.472 e. The average molecular weight is 768 g/mol. The highest BCUT2D eigenvalue weighted by Gasteiger charge is 2.27. The molecule has 0 saturated heterocycles. The predicted molar refractivity (Wildman–Crippen MR) is 217 cm³/mol. The van der Waals surface area contributed by atoms with Crippen LogP contribution in [0.15, 0.2) is 60.8 Å². The number of carboxylic acids is 1. The minimum Gasteiger partial charge on any atom is -0.480 e. The van der Waals surface area contributed by atoms with E-state index in [0.717, 1.165) is 83.5 Å². The molecule has 0 rings (SSSR count). The largest absolute Gasteiger partial charge is 0.480 e. The van der Waals surface area contributed by atoms with Gasteiger partial charge in [-0.25, -0.2) is 4.57 Å². The van der Waals surface area contributed by atoms with Gasteiger partial charge in [0.2, 0.25) is 0 Å². The minimum absolute atomic E-state index is 0.00416. The first kappa shape index (κ1) is 50.7. The van der Waals surface area contributed by atoms with E-state index < -0.39 is 45.1 Å². The summed E-state index contributed by atoms with van der Waals surface area (Å²) in [6.07, 6.45) is 44.1. The van der Waals surface area contributed by atoms with Gasteiger partial charge in [-0.15, -0.1) is 0 Å². The van der Waals surface area contributed by atoms with Gasteiger partial charge in [0, 0.05) is 13.0 Å². The molecule has 0 heterocycles. The van der Waals surface area contributed by atoms with Gasteiger partial charge in [0.1, 0.15) is 12.1 Å². The number of esters is 1. The van der Waals surface area contributed by atoms with Gasteiger partial charge < -0.3 is 25.2 Å². The molecule has 0 radical (unpaired) electrons. The van der Waals surface area contributed by atoms with Crippen molar-refractivity contribution in [2.45, 2.75) is 167 Å². The van der Waals surface area contributed by atoms with Crippen LogP contribution in [0.5, 0.6) is 0 Å². The molecular formula is C42H74NO9P. The molecule has 3 unspecified atom stereocenters. The molecule has 11 heteroatoms. The maximum absolute atomic E-state index is 12.6. The molecular weight excluding hydrogens is 693 g/mol. The fourth-order valence-electron chi connectivity index (χ4n) is 5.12. The van der Waals surface area contributed by atoms with E-state index in [0.29, 0.717) is 13.0 Å². The zero-order valence-electron chi connectivity index (χ0n) is 33.1. The number of carbonyl (C=O) groups excluding carboxylic acids is 1. The summed E-state index contributed by atoms with van der Waals surface area (Å²) < 4.78 is 33.2. The van der Waals surface area contributed by atoms with Crippen LogP contribution < -0.4 is 5.73 Å². The van der Waals surface area contributed by atoms with Crippen molar-refractivity contribution in [1.82, 2.24) is 0 Å². The normalized spacial score (nSPS) is 14.6. The molecule has 0 aliphatic carbocycles. The van der Waals surface area contributed by atoms with Crippen LogP contribution in [0.25, 0.3) is 0 Å². The SMILES string of the molecule is CC/C=C\C/C=C\C/C=C\CCCCCCOCC(COP(=O)(O)OCC(N)C(=O)O)OC(=O)CCCCCCCCC/C=C\C/C=C\CCCCC. The molecule has 0 aromatic carbocycles. The van der Waals surface area contributed by atoms with Gasteiger partial charge in [-0.2, -0.15) is 0 Å². The molecule has 0 aromatic rings. The molecule has 0 aliphatic rings. The number of aliphatic carboxylic acids is 1. The number of hydrogen-bond acceptors (Lipinski definition) is 8. The Morgan fingerprint density at radius 3 is 1.64 bits per heavy atom. The third-order valence-electron chi connectivity index (χ3n) is 8.28. The van der Waals surface area contributed by atoms with Gasteiger partial charge >= 0.3 is 19.8 Å². The standard InChI is InChI=1S/C42H74NO9P/c1-3-5-7-9-11-13-15-17-19-20-21-22-24-26-28-30-32-34-41(44)52-39(37-50-53(47,48)51-38-40(43)42(45)46)36-49-35-33-31-29-27-25-23-18-16-14-12-10-8-6-4-2/h6,8,11-14,17-19,23,39-40H,3-5,7,9-10,15-16,20-22,24-38,43H2,1-2H3,(H,45,46)(H,47,48)/b8-6-,13-11-,14-12-,19-17-,23-18-. The number of phosphoric acid groups is 1. The van der Waals surface area contributed by atoms with E-state index in [1.165, 1.54) is 44.9 Å². The molecule has 0 aliphatic heterocycles. The summed E-state index contributed by atoms with van der Waals surface area (Å²) in [6, 6.07) is -1.48. The Morgan fingerprint density at radius 2 is 1.09 bits per heavy atom. The van der Waals surface area contributed by atoms with Crippen LogP contribution in [-0.2, 0) is 32.7 Å². The number of carbonyl (C=O) groups is 2. The lowest BCUT2D eigenvalue weighted by atomic mass is 10.1. The zero-order valence-corrected chi connectivity index (χ0v) is 34.0. The third-order valence-corrected chi connectivity index (χ3v) is 9.23.